The van der Waals surface area contributed by atoms with Gasteiger partial charge >= 0.3 is 0 Å². The number of hydrogen-bond donors (Lipinski definition) is 0. The molecule has 0 amide bonds. The van der Waals surface area contributed by atoms with Crippen LogP contribution in [0.15, 0.2) is 72.9 Å². The molecular formula is C29H29ClN2. The van der Waals surface area contributed by atoms with E-state index in [-0.39, 0.29) is 0 Å². The minimum absolute atomic E-state index is 0.641. The van der Waals surface area contributed by atoms with Gasteiger partial charge in [-0.2, -0.15) is 0 Å². The normalized spacial score (nSPS) is 14.4. The Kier molecular flexibility index (Phi) is 7.43. The lowest BCUT2D eigenvalue weighted by molar-refractivity contribution is 0.227. The molecule has 0 bridgehead atoms. The molecule has 2 nitrogen and oxygen atoms in total. The van der Waals surface area contributed by atoms with Gasteiger partial charge in [0.1, 0.15) is 5.69 Å². The first kappa shape index (κ1) is 22.3. The first-order valence-corrected chi connectivity index (χ1v) is 11.7. The molecule has 3 aromatic rings. The van der Waals surface area contributed by atoms with E-state index < -0.39 is 0 Å². The van der Waals surface area contributed by atoms with Crippen LogP contribution in [0.1, 0.15) is 49.4 Å². The molecule has 3 heteroatoms. The second-order valence-corrected chi connectivity index (χ2v) is 8.84. The molecule has 1 fully saturated rings. The summed E-state index contributed by atoms with van der Waals surface area (Å²) in [6, 6.07) is 21.6. The highest BCUT2D eigenvalue weighted by Gasteiger charge is 2.29. The zero-order valence-corrected chi connectivity index (χ0v) is 19.5. The Balaban J connectivity index is 1.34. The molecule has 1 aromatic heterocycles. The van der Waals surface area contributed by atoms with Gasteiger partial charge in [-0.3, -0.25) is 0 Å². The fourth-order valence-electron chi connectivity index (χ4n) is 3.86. The van der Waals surface area contributed by atoms with Crippen LogP contribution in [0.2, 0.25) is 5.02 Å². The van der Waals surface area contributed by atoms with Gasteiger partial charge in [0.25, 0.3) is 0 Å². The molecule has 0 aliphatic heterocycles. The van der Waals surface area contributed by atoms with E-state index in [9.17, 15) is 0 Å². The number of benzene rings is 2. The topological polar surface area (TPSA) is 16.1 Å². The summed E-state index contributed by atoms with van der Waals surface area (Å²) in [6.45, 7) is 2.28. The summed E-state index contributed by atoms with van der Waals surface area (Å²) < 4.78 is 0. The third-order valence-corrected chi connectivity index (χ3v) is 6.33. The Bertz CT molecular complexity index is 1100. The van der Waals surface area contributed by atoms with Crippen LogP contribution in [-0.2, 0) is 0 Å². The highest BCUT2D eigenvalue weighted by Crippen LogP contribution is 2.29. The number of pyridine rings is 1. The monoisotopic (exact) mass is 440 g/mol. The molecular weight excluding hydrogens is 412 g/mol. The molecule has 1 aliphatic rings. The first-order chi connectivity index (χ1) is 15.6. The predicted molar refractivity (Wildman–Crippen MR) is 136 cm³/mol. The maximum Gasteiger partial charge on any atom is 0.113 e. The zero-order valence-electron chi connectivity index (χ0n) is 18.8. The average Bonchev–Trinajstić information content (AvgIpc) is 3.67. The highest BCUT2D eigenvalue weighted by molar-refractivity contribution is 6.30. The summed E-state index contributed by atoms with van der Waals surface area (Å²) in [4.78, 5) is 7.04. The van der Waals surface area contributed by atoms with Crippen LogP contribution in [0.3, 0.4) is 0 Å². The van der Waals surface area contributed by atoms with E-state index in [0.29, 0.717) is 6.04 Å². The summed E-state index contributed by atoms with van der Waals surface area (Å²) in [5, 5.41) is 0.733. The summed E-state index contributed by atoms with van der Waals surface area (Å²) >= 11 is 5.96. The van der Waals surface area contributed by atoms with Crippen molar-refractivity contribution in [2.75, 3.05) is 7.05 Å². The largest absolute Gasteiger partial charge is 0.300 e. The number of halogens is 1. The second-order valence-electron chi connectivity index (χ2n) is 8.41. The molecule has 32 heavy (non-hydrogen) atoms. The second kappa shape index (κ2) is 10.6. The quantitative estimate of drug-likeness (QED) is 0.365. The summed E-state index contributed by atoms with van der Waals surface area (Å²) in [6.07, 6.45) is 11.4. The molecule has 162 valence electrons. The fraction of sp³-hybridized carbons (Fsp3) is 0.276. The Morgan fingerprint density at radius 2 is 1.72 bits per heavy atom. The lowest BCUT2D eigenvalue weighted by Crippen LogP contribution is -2.32. The molecule has 0 radical (unpaired) electrons. The number of nitrogens with zero attached hydrogens (tertiary/aromatic N) is 2. The van der Waals surface area contributed by atoms with Crippen molar-refractivity contribution in [3.05, 3.63) is 94.8 Å². The number of aromatic nitrogens is 1. The van der Waals surface area contributed by atoms with Crippen molar-refractivity contribution in [1.82, 2.24) is 9.88 Å². The standard InChI is InChI=1S/C29H29ClN2/c1-3-28(32(2)29-19-20-29)6-4-5-22-7-9-23(10-8-22)11-17-27-18-14-25(21-31-27)24-12-15-26(30)16-13-24/h4-5,7-10,12-16,18,21,28-29H,3,6,19-20H2,1-2H3. The van der Waals surface area contributed by atoms with Crippen LogP contribution in [0, 0.1) is 11.8 Å². The van der Waals surface area contributed by atoms with Crippen LogP contribution < -0.4 is 0 Å². The Morgan fingerprint density at radius 1 is 1.00 bits per heavy atom. The predicted octanol–water partition coefficient (Wildman–Crippen LogP) is 7.08. The average molecular weight is 441 g/mol. The molecule has 1 heterocycles. The van der Waals surface area contributed by atoms with E-state index in [4.69, 9.17) is 11.6 Å². The van der Waals surface area contributed by atoms with Crippen molar-refractivity contribution in [2.24, 2.45) is 0 Å². The minimum Gasteiger partial charge on any atom is -0.300 e. The van der Waals surface area contributed by atoms with Crippen LogP contribution >= 0.6 is 11.6 Å². The molecule has 1 atom stereocenters. The van der Waals surface area contributed by atoms with Gasteiger partial charge in [-0.1, -0.05) is 66.9 Å². The van der Waals surface area contributed by atoms with Gasteiger partial charge in [-0.05, 0) is 80.1 Å². The van der Waals surface area contributed by atoms with E-state index in [0.717, 1.165) is 39.9 Å². The van der Waals surface area contributed by atoms with Crippen LogP contribution in [-0.4, -0.2) is 29.0 Å². The molecule has 0 N–H and O–H groups in total. The van der Waals surface area contributed by atoms with Crippen LogP contribution in [0.25, 0.3) is 17.2 Å². The maximum atomic E-state index is 5.96. The van der Waals surface area contributed by atoms with Gasteiger partial charge in [-0.15, -0.1) is 0 Å². The number of hydrogen-bond acceptors (Lipinski definition) is 2. The van der Waals surface area contributed by atoms with E-state index >= 15 is 0 Å². The van der Waals surface area contributed by atoms with Crippen LogP contribution in [0.5, 0.6) is 0 Å². The lowest BCUT2D eigenvalue weighted by Gasteiger charge is -2.25. The van der Waals surface area contributed by atoms with E-state index in [2.05, 4.69) is 72.1 Å². The van der Waals surface area contributed by atoms with E-state index in [1.807, 2.05) is 42.6 Å². The van der Waals surface area contributed by atoms with Crippen molar-refractivity contribution >= 4 is 17.7 Å². The molecule has 1 aliphatic carbocycles. The summed E-state index contributed by atoms with van der Waals surface area (Å²) in [5.74, 6) is 6.37. The van der Waals surface area contributed by atoms with Gasteiger partial charge < -0.3 is 4.90 Å². The maximum absolute atomic E-state index is 5.96. The van der Waals surface area contributed by atoms with Crippen molar-refractivity contribution in [1.29, 1.82) is 0 Å². The molecule has 1 unspecified atom stereocenters. The molecule has 0 spiro atoms. The SMILES string of the molecule is CCC(CC=Cc1ccc(C#Cc2ccc(-c3ccc(Cl)cc3)cn2)cc1)N(C)C1CC1. The van der Waals surface area contributed by atoms with Crippen molar-refractivity contribution in [3.63, 3.8) is 0 Å². The van der Waals surface area contributed by atoms with Gasteiger partial charge in [0.2, 0.25) is 0 Å². The molecule has 2 aromatic carbocycles. The van der Waals surface area contributed by atoms with Crippen molar-refractivity contribution < 1.29 is 0 Å². The van der Waals surface area contributed by atoms with Crippen LogP contribution in [0.4, 0.5) is 0 Å². The first-order valence-electron chi connectivity index (χ1n) is 11.3. The molecule has 0 saturated heterocycles. The minimum atomic E-state index is 0.641. The van der Waals surface area contributed by atoms with Crippen molar-refractivity contribution in [2.45, 2.75) is 44.7 Å². The molecule has 4 rings (SSSR count). The fourth-order valence-corrected chi connectivity index (χ4v) is 3.98. The zero-order chi connectivity index (χ0) is 22.3. The number of rotatable bonds is 7. The van der Waals surface area contributed by atoms with Crippen molar-refractivity contribution in [3.8, 4) is 23.0 Å². The smallest absolute Gasteiger partial charge is 0.113 e. The van der Waals surface area contributed by atoms with E-state index in [1.165, 1.54) is 24.8 Å². The third kappa shape index (κ3) is 6.10. The van der Waals surface area contributed by atoms with Gasteiger partial charge in [0, 0.05) is 34.4 Å². The summed E-state index contributed by atoms with van der Waals surface area (Å²) in [7, 11) is 2.27. The van der Waals surface area contributed by atoms with Gasteiger partial charge in [0.05, 0.1) is 0 Å². The highest BCUT2D eigenvalue weighted by atomic mass is 35.5. The van der Waals surface area contributed by atoms with Gasteiger partial charge in [-0.25, -0.2) is 4.98 Å². The van der Waals surface area contributed by atoms with Gasteiger partial charge in [0.15, 0.2) is 0 Å². The lowest BCUT2D eigenvalue weighted by atomic mass is 10.1. The summed E-state index contributed by atoms with van der Waals surface area (Å²) in [5.41, 5.74) is 5.11. The third-order valence-electron chi connectivity index (χ3n) is 6.08. The Hall–Kier alpha value is -2.86. The Labute approximate surface area is 197 Å². The molecule has 1 saturated carbocycles. The van der Waals surface area contributed by atoms with E-state index in [1.54, 1.807) is 0 Å². The Morgan fingerprint density at radius 3 is 2.34 bits per heavy atom.